The minimum absolute atomic E-state index is 0.204. The van der Waals surface area contributed by atoms with Gasteiger partial charge in [0.15, 0.2) is 0 Å². The maximum absolute atomic E-state index is 11.4. The van der Waals surface area contributed by atoms with Crippen molar-refractivity contribution in [3.63, 3.8) is 0 Å². The molecule has 2 nitrogen and oxygen atoms in total. The standard InChI is InChI=1S/C29H34O2/c1-18-24(19(2)31-20(3)30)11-9-23-16-21(8-12-25(18)23)22-10-13-26-27(17-22)29(6,7)15-14-28(26,4)5/h8-13,16-17,19H,14-15H2,1-7H3. The third kappa shape index (κ3) is 3.89. The Morgan fingerprint density at radius 3 is 2.16 bits per heavy atom. The van der Waals surface area contributed by atoms with Crippen molar-refractivity contribution in [2.24, 2.45) is 0 Å². The second kappa shape index (κ2) is 7.51. The molecular weight excluding hydrogens is 380 g/mol. The van der Waals surface area contributed by atoms with Crippen molar-refractivity contribution in [3.05, 3.63) is 70.8 Å². The number of carbonyl (C=O) groups is 1. The number of hydrogen-bond acceptors (Lipinski definition) is 2. The zero-order valence-electron chi connectivity index (χ0n) is 19.9. The molecule has 0 saturated heterocycles. The molecule has 0 aromatic heterocycles. The summed E-state index contributed by atoms with van der Waals surface area (Å²) in [5, 5.41) is 2.42. The van der Waals surface area contributed by atoms with E-state index in [1.165, 1.54) is 58.4 Å². The monoisotopic (exact) mass is 414 g/mol. The molecule has 4 rings (SSSR count). The molecule has 1 aliphatic carbocycles. The van der Waals surface area contributed by atoms with Gasteiger partial charge >= 0.3 is 5.97 Å². The van der Waals surface area contributed by atoms with Crippen LogP contribution >= 0.6 is 0 Å². The Hall–Kier alpha value is -2.61. The van der Waals surface area contributed by atoms with Crippen LogP contribution < -0.4 is 0 Å². The Balaban J connectivity index is 1.77. The van der Waals surface area contributed by atoms with Crippen LogP contribution in [0.1, 0.15) is 82.7 Å². The maximum Gasteiger partial charge on any atom is 0.303 e. The number of hydrogen-bond donors (Lipinski definition) is 0. The van der Waals surface area contributed by atoms with E-state index in [1.807, 2.05) is 6.92 Å². The minimum atomic E-state index is -0.249. The topological polar surface area (TPSA) is 26.3 Å². The van der Waals surface area contributed by atoms with Gasteiger partial charge in [0.2, 0.25) is 0 Å². The fraction of sp³-hybridized carbons (Fsp3) is 0.414. The number of fused-ring (bicyclic) bond motifs is 2. The quantitative estimate of drug-likeness (QED) is 0.409. The summed E-state index contributed by atoms with van der Waals surface area (Å²) < 4.78 is 5.41. The van der Waals surface area contributed by atoms with Gasteiger partial charge in [-0.25, -0.2) is 0 Å². The van der Waals surface area contributed by atoms with E-state index in [4.69, 9.17) is 4.74 Å². The van der Waals surface area contributed by atoms with Crippen LogP contribution in [0.3, 0.4) is 0 Å². The van der Waals surface area contributed by atoms with E-state index in [0.29, 0.717) is 0 Å². The molecule has 0 saturated carbocycles. The molecule has 0 bridgehead atoms. The van der Waals surface area contributed by atoms with Gasteiger partial charge in [0, 0.05) is 6.92 Å². The van der Waals surface area contributed by atoms with Crippen LogP contribution in [0.25, 0.3) is 21.9 Å². The van der Waals surface area contributed by atoms with Gasteiger partial charge in [-0.15, -0.1) is 0 Å². The van der Waals surface area contributed by atoms with Gasteiger partial charge in [-0.1, -0.05) is 70.2 Å². The molecule has 0 heterocycles. The lowest BCUT2D eigenvalue weighted by atomic mass is 9.63. The lowest BCUT2D eigenvalue weighted by Gasteiger charge is -2.42. The van der Waals surface area contributed by atoms with E-state index in [1.54, 1.807) is 0 Å². The van der Waals surface area contributed by atoms with Gasteiger partial charge in [0.1, 0.15) is 6.10 Å². The lowest BCUT2D eigenvalue weighted by Crippen LogP contribution is -2.33. The Morgan fingerprint density at radius 1 is 0.871 bits per heavy atom. The fourth-order valence-corrected chi connectivity index (χ4v) is 5.20. The molecule has 162 valence electrons. The summed E-state index contributed by atoms with van der Waals surface area (Å²) in [4.78, 5) is 11.4. The van der Waals surface area contributed by atoms with Crippen LogP contribution in [-0.4, -0.2) is 5.97 Å². The van der Waals surface area contributed by atoms with Crippen LogP contribution in [0.2, 0.25) is 0 Å². The van der Waals surface area contributed by atoms with Crippen LogP contribution in [0.5, 0.6) is 0 Å². The average molecular weight is 415 g/mol. The van der Waals surface area contributed by atoms with Crippen molar-refractivity contribution in [2.75, 3.05) is 0 Å². The summed E-state index contributed by atoms with van der Waals surface area (Å²) in [6.45, 7) is 15.0. The molecule has 0 spiro atoms. The number of ether oxygens (including phenoxy) is 1. The zero-order valence-corrected chi connectivity index (χ0v) is 19.9. The Labute approximate surface area is 186 Å². The van der Waals surface area contributed by atoms with Gasteiger partial charge in [-0.05, 0) is 87.7 Å². The lowest BCUT2D eigenvalue weighted by molar-refractivity contribution is -0.145. The Bertz CT molecular complexity index is 1170. The molecule has 0 amide bonds. The Morgan fingerprint density at radius 2 is 1.48 bits per heavy atom. The Kier molecular flexibility index (Phi) is 5.24. The molecular formula is C29H34O2. The van der Waals surface area contributed by atoms with E-state index < -0.39 is 0 Å². The SMILES string of the molecule is CC(=O)OC(C)c1ccc2cc(-c3ccc4c(c3)C(C)(C)CCC4(C)C)ccc2c1C. The van der Waals surface area contributed by atoms with Crippen LogP contribution in [-0.2, 0) is 20.4 Å². The highest BCUT2D eigenvalue weighted by Crippen LogP contribution is 2.47. The zero-order chi connectivity index (χ0) is 22.6. The van der Waals surface area contributed by atoms with Gasteiger partial charge in [0.25, 0.3) is 0 Å². The highest BCUT2D eigenvalue weighted by atomic mass is 16.5. The molecule has 3 aromatic carbocycles. The first-order valence-electron chi connectivity index (χ1n) is 11.4. The van der Waals surface area contributed by atoms with Crippen molar-refractivity contribution < 1.29 is 9.53 Å². The number of esters is 1. The molecule has 3 aromatic rings. The maximum atomic E-state index is 11.4. The molecule has 0 N–H and O–H groups in total. The van der Waals surface area contributed by atoms with Crippen molar-refractivity contribution in [1.29, 1.82) is 0 Å². The molecule has 0 fully saturated rings. The summed E-state index contributed by atoms with van der Waals surface area (Å²) in [6, 6.07) is 18.0. The first-order valence-corrected chi connectivity index (χ1v) is 11.4. The molecule has 31 heavy (non-hydrogen) atoms. The molecule has 2 heteroatoms. The predicted octanol–water partition coefficient (Wildman–Crippen LogP) is 7.79. The van der Waals surface area contributed by atoms with E-state index >= 15 is 0 Å². The second-order valence-electron chi connectivity index (χ2n) is 10.5. The smallest absolute Gasteiger partial charge is 0.303 e. The minimum Gasteiger partial charge on any atom is -0.458 e. The average Bonchev–Trinajstić information content (AvgIpc) is 2.70. The second-order valence-corrected chi connectivity index (χ2v) is 10.5. The summed E-state index contributed by atoms with van der Waals surface area (Å²) in [5.41, 5.74) is 8.18. The highest BCUT2D eigenvalue weighted by molar-refractivity contribution is 5.90. The van der Waals surface area contributed by atoms with Gasteiger partial charge in [-0.3, -0.25) is 4.79 Å². The molecule has 1 atom stereocenters. The third-order valence-electron chi connectivity index (χ3n) is 7.30. The normalized spacial score (nSPS) is 17.8. The van der Waals surface area contributed by atoms with E-state index in [-0.39, 0.29) is 22.9 Å². The third-order valence-corrected chi connectivity index (χ3v) is 7.30. The van der Waals surface area contributed by atoms with Gasteiger partial charge < -0.3 is 4.74 Å². The number of carbonyl (C=O) groups excluding carboxylic acids is 1. The van der Waals surface area contributed by atoms with Crippen molar-refractivity contribution in [2.45, 2.75) is 78.2 Å². The molecule has 0 aliphatic heterocycles. The van der Waals surface area contributed by atoms with Gasteiger partial charge in [-0.2, -0.15) is 0 Å². The molecule has 1 unspecified atom stereocenters. The number of aryl methyl sites for hydroxylation is 1. The molecule has 1 aliphatic rings. The predicted molar refractivity (Wildman–Crippen MR) is 130 cm³/mol. The van der Waals surface area contributed by atoms with Crippen molar-refractivity contribution in [1.82, 2.24) is 0 Å². The number of rotatable bonds is 3. The van der Waals surface area contributed by atoms with Gasteiger partial charge in [0.05, 0.1) is 0 Å². The van der Waals surface area contributed by atoms with E-state index in [2.05, 4.69) is 83.1 Å². The summed E-state index contributed by atoms with van der Waals surface area (Å²) in [5.74, 6) is -0.249. The fourth-order valence-electron chi connectivity index (χ4n) is 5.20. The van der Waals surface area contributed by atoms with Crippen LogP contribution in [0.15, 0.2) is 48.5 Å². The largest absolute Gasteiger partial charge is 0.458 e. The first kappa shape index (κ1) is 21.6. The summed E-state index contributed by atoms with van der Waals surface area (Å²) in [7, 11) is 0. The van der Waals surface area contributed by atoms with E-state index in [9.17, 15) is 4.79 Å². The first-order chi connectivity index (χ1) is 14.5. The van der Waals surface area contributed by atoms with Crippen LogP contribution in [0.4, 0.5) is 0 Å². The van der Waals surface area contributed by atoms with Crippen LogP contribution in [0, 0.1) is 6.92 Å². The number of benzene rings is 3. The molecule has 0 radical (unpaired) electrons. The van der Waals surface area contributed by atoms with E-state index in [0.717, 1.165) is 5.56 Å². The highest BCUT2D eigenvalue weighted by Gasteiger charge is 2.36. The van der Waals surface area contributed by atoms with Crippen molar-refractivity contribution >= 4 is 16.7 Å². The van der Waals surface area contributed by atoms with Crippen molar-refractivity contribution in [3.8, 4) is 11.1 Å². The summed E-state index contributed by atoms with van der Waals surface area (Å²) in [6.07, 6.45) is 2.21. The summed E-state index contributed by atoms with van der Waals surface area (Å²) >= 11 is 0.